The maximum absolute atomic E-state index is 12.4. The molecule has 2 aromatic heterocycles. The third-order valence-electron chi connectivity index (χ3n) is 3.87. The first-order valence-corrected chi connectivity index (χ1v) is 8.47. The molecular formula is C18H18ClN3O5. The third kappa shape index (κ3) is 3.48. The number of methoxy groups -OCH3 is 2. The molecule has 0 spiro atoms. The summed E-state index contributed by atoms with van der Waals surface area (Å²) in [6, 6.07) is 3.29. The van der Waals surface area contributed by atoms with E-state index >= 15 is 0 Å². The number of anilines is 2. The summed E-state index contributed by atoms with van der Waals surface area (Å²) in [7, 11) is 3.04. The van der Waals surface area contributed by atoms with E-state index in [0.29, 0.717) is 39.2 Å². The number of benzene rings is 1. The number of rotatable bonds is 6. The van der Waals surface area contributed by atoms with Crippen LogP contribution in [0.1, 0.15) is 23.0 Å². The minimum Gasteiger partial charge on any atom is -0.495 e. The summed E-state index contributed by atoms with van der Waals surface area (Å²) in [6.45, 7) is 3.64. The number of ether oxygens (including phenoxy) is 3. The average Bonchev–Trinajstić information content (AvgIpc) is 2.99. The number of carbonyl (C=O) groups is 1. The Morgan fingerprint density at radius 2 is 1.96 bits per heavy atom. The SMILES string of the molecule is CCOC(=O)c1c(C)oc2ncnc(Nc3cc(Cl)c(OC)cc3OC)c12. The molecule has 1 N–H and O–H groups in total. The Morgan fingerprint density at radius 1 is 1.22 bits per heavy atom. The lowest BCUT2D eigenvalue weighted by molar-refractivity contribution is 0.0526. The molecule has 0 aliphatic carbocycles. The second kappa shape index (κ2) is 7.71. The molecule has 0 atom stereocenters. The molecule has 0 saturated heterocycles. The molecule has 3 aromatic rings. The molecule has 0 bridgehead atoms. The first kappa shape index (κ1) is 18.8. The van der Waals surface area contributed by atoms with E-state index in [1.54, 1.807) is 26.0 Å². The summed E-state index contributed by atoms with van der Waals surface area (Å²) in [4.78, 5) is 20.7. The lowest BCUT2D eigenvalue weighted by Gasteiger charge is -2.14. The Labute approximate surface area is 160 Å². The second-order valence-corrected chi connectivity index (χ2v) is 5.88. The van der Waals surface area contributed by atoms with Crippen molar-refractivity contribution in [2.75, 3.05) is 26.1 Å². The van der Waals surface area contributed by atoms with Gasteiger partial charge in [0.15, 0.2) is 0 Å². The van der Waals surface area contributed by atoms with Crippen molar-refractivity contribution in [3.8, 4) is 11.5 Å². The van der Waals surface area contributed by atoms with Crippen molar-refractivity contribution in [3.05, 3.63) is 34.8 Å². The molecule has 9 heteroatoms. The molecule has 0 unspecified atom stereocenters. The van der Waals surface area contributed by atoms with Crippen LogP contribution >= 0.6 is 11.6 Å². The molecule has 0 fully saturated rings. The quantitative estimate of drug-likeness (QED) is 0.627. The number of nitrogens with zero attached hydrogens (tertiary/aromatic N) is 2. The Bertz CT molecular complexity index is 1000. The molecule has 0 amide bonds. The van der Waals surface area contributed by atoms with E-state index < -0.39 is 5.97 Å². The number of fused-ring (bicyclic) bond motifs is 1. The Balaban J connectivity index is 2.13. The number of carbonyl (C=O) groups excluding carboxylic acids is 1. The van der Waals surface area contributed by atoms with Crippen LogP contribution in [-0.4, -0.2) is 36.8 Å². The van der Waals surface area contributed by atoms with Crippen molar-refractivity contribution in [1.29, 1.82) is 0 Å². The van der Waals surface area contributed by atoms with Crippen molar-refractivity contribution < 1.29 is 23.4 Å². The maximum atomic E-state index is 12.4. The van der Waals surface area contributed by atoms with Gasteiger partial charge < -0.3 is 23.9 Å². The van der Waals surface area contributed by atoms with Gasteiger partial charge in [-0.1, -0.05) is 11.6 Å². The van der Waals surface area contributed by atoms with E-state index in [9.17, 15) is 4.79 Å². The van der Waals surface area contributed by atoms with Gasteiger partial charge in [-0.15, -0.1) is 0 Å². The van der Waals surface area contributed by atoms with Crippen LogP contribution in [0.15, 0.2) is 22.9 Å². The largest absolute Gasteiger partial charge is 0.495 e. The lowest BCUT2D eigenvalue weighted by Crippen LogP contribution is -2.07. The van der Waals surface area contributed by atoms with Crippen LogP contribution in [0.25, 0.3) is 11.1 Å². The third-order valence-corrected chi connectivity index (χ3v) is 4.17. The lowest BCUT2D eigenvalue weighted by atomic mass is 10.1. The highest BCUT2D eigenvalue weighted by atomic mass is 35.5. The molecule has 0 aliphatic rings. The van der Waals surface area contributed by atoms with Gasteiger partial charge in [-0.2, -0.15) is 0 Å². The zero-order chi connectivity index (χ0) is 19.6. The average molecular weight is 392 g/mol. The van der Waals surface area contributed by atoms with Gasteiger partial charge in [0, 0.05) is 6.07 Å². The maximum Gasteiger partial charge on any atom is 0.342 e. The number of nitrogens with one attached hydrogen (secondary N) is 1. The molecule has 8 nitrogen and oxygen atoms in total. The predicted octanol–water partition coefficient (Wildman–Crippen LogP) is 4.12. The van der Waals surface area contributed by atoms with Gasteiger partial charge in [-0.3, -0.25) is 0 Å². The van der Waals surface area contributed by atoms with Crippen molar-refractivity contribution >= 4 is 40.2 Å². The fraction of sp³-hybridized carbons (Fsp3) is 0.278. The van der Waals surface area contributed by atoms with Gasteiger partial charge in [0.1, 0.15) is 35.0 Å². The van der Waals surface area contributed by atoms with E-state index in [2.05, 4.69) is 15.3 Å². The van der Waals surface area contributed by atoms with Crippen LogP contribution in [0.3, 0.4) is 0 Å². The van der Waals surface area contributed by atoms with Gasteiger partial charge in [-0.05, 0) is 19.9 Å². The van der Waals surface area contributed by atoms with Crippen LogP contribution < -0.4 is 14.8 Å². The van der Waals surface area contributed by atoms with Gasteiger partial charge in [0.25, 0.3) is 0 Å². The molecule has 3 rings (SSSR count). The van der Waals surface area contributed by atoms with Crippen LogP contribution in [0, 0.1) is 6.92 Å². The Morgan fingerprint density at radius 3 is 2.63 bits per heavy atom. The smallest absolute Gasteiger partial charge is 0.342 e. The molecule has 0 saturated carbocycles. The molecule has 142 valence electrons. The Kier molecular flexibility index (Phi) is 5.36. The number of hydrogen-bond acceptors (Lipinski definition) is 8. The summed E-state index contributed by atoms with van der Waals surface area (Å²) in [5.74, 6) is 1.21. The van der Waals surface area contributed by atoms with Crippen molar-refractivity contribution in [2.45, 2.75) is 13.8 Å². The molecule has 27 heavy (non-hydrogen) atoms. The normalized spacial score (nSPS) is 10.7. The standard InChI is InChI=1S/C18H18ClN3O5/c1-5-26-18(23)14-9(2)27-17-15(14)16(20-8-21-17)22-11-6-10(19)12(24-3)7-13(11)25-4/h6-8H,5H2,1-4H3,(H,20,21,22). The predicted molar refractivity (Wildman–Crippen MR) is 100 cm³/mol. The number of esters is 1. The van der Waals surface area contributed by atoms with Gasteiger partial charge >= 0.3 is 5.97 Å². The first-order valence-electron chi connectivity index (χ1n) is 8.09. The van der Waals surface area contributed by atoms with E-state index in [0.717, 1.165) is 0 Å². The first-order chi connectivity index (χ1) is 13.0. The van der Waals surface area contributed by atoms with Gasteiger partial charge in [0.2, 0.25) is 5.71 Å². The van der Waals surface area contributed by atoms with E-state index in [4.69, 9.17) is 30.2 Å². The van der Waals surface area contributed by atoms with E-state index in [1.807, 2.05) is 0 Å². The highest BCUT2D eigenvalue weighted by molar-refractivity contribution is 6.32. The topological polar surface area (TPSA) is 95.7 Å². The van der Waals surface area contributed by atoms with Gasteiger partial charge in [-0.25, -0.2) is 14.8 Å². The monoisotopic (exact) mass is 391 g/mol. The number of aryl methyl sites for hydroxylation is 1. The zero-order valence-electron chi connectivity index (χ0n) is 15.3. The summed E-state index contributed by atoms with van der Waals surface area (Å²) in [6.07, 6.45) is 1.33. The van der Waals surface area contributed by atoms with Crippen LogP contribution in [0.5, 0.6) is 11.5 Å². The fourth-order valence-corrected chi connectivity index (χ4v) is 2.91. The van der Waals surface area contributed by atoms with Crippen LogP contribution in [0.4, 0.5) is 11.5 Å². The minimum atomic E-state index is -0.508. The molecule has 1 aromatic carbocycles. The van der Waals surface area contributed by atoms with E-state index in [-0.39, 0.29) is 17.9 Å². The van der Waals surface area contributed by atoms with Crippen LogP contribution in [0.2, 0.25) is 5.02 Å². The summed E-state index contributed by atoms with van der Waals surface area (Å²) in [5.41, 5.74) is 1.08. The van der Waals surface area contributed by atoms with Crippen molar-refractivity contribution in [1.82, 2.24) is 9.97 Å². The highest BCUT2D eigenvalue weighted by Gasteiger charge is 2.24. The summed E-state index contributed by atoms with van der Waals surface area (Å²) in [5, 5.41) is 3.93. The van der Waals surface area contributed by atoms with Crippen molar-refractivity contribution in [3.63, 3.8) is 0 Å². The number of aromatic nitrogens is 2. The Hall–Kier alpha value is -3.00. The summed E-state index contributed by atoms with van der Waals surface area (Å²) < 4.78 is 21.3. The second-order valence-electron chi connectivity index (χ2n) is 5.47. The van der Waals surface area contributed by atoms with Gasteiger partial charge in [0.05, 0.1) is 36.9 Å². The fourth-order valence-electron chi connectivity index (χ4n) is 2.67. The number of furan rings is 1. The number of hydrogen-bond donors (Lipinski definition) is 1. The highest BCUT2D eigenvalue weighted by Crippen LogP contribution is 2.39. The molecule has 0 aliphatic heterocycles. The molecule has 0 radical (unpaired) electrons. The number of halogens is 1. The molecule has 2 heterocycles. The van der Waals surface area contributed by atoms with Crippen molar-refractivity contribution in [2.24, 2.45) is 0 Å². The molecular weight excluding hydrogens is 374 g/mol. The van der Waals surface area contributed by atoms with E-state index in [1.165, 1.54) is 20.5 Å². The zero-order valence-corrected chi connectivity index (χ0v) is 16.0. The van der Waals surface area contributed by atoms with Crippen LogP contribution in [-0.2, 0) is 4.74 Å². The summed E-state index contributed by atoms with van der Waals surface area (Å²) >= 11 is 6.22. The minimum absolute atomic E-state index is 0.239.